The fraction of sp³-hybridized carbons (Fsp3) is 0.889. The fourth-order valence-corrected chi connectivity index (χ4v) is 1.62. The molecule has 1 aliphatic rings. The molecular formula is C9H18N2O2. The van der Waals surface area contributed by atoms with Gasteiger partial charge in [0.15, 0.2) is 0 Å². The van der Waals surface area contributed by atoms with E-state index in [9.17, 15) is 9.90 Å². The summed E-state index contributed by atoms with van der Waals surface area (Å²) >= 11 is 0. The van der Waals surface area contributed by atoms with Crippen LogP contribution in [0.25, 0.3) is 0 Å². The summed E-state index contributed by atoms with van der Waals surface area (Å²) < 4.78 is 0. The Labute approximate surface area is 78.5 Å². The average Bonchev–Trinajstić information content (AvgIpc) is 2.48. The molecule has 0 unspecified atom stereocenters. The lowest BCUT2D eigenvalue weighted by Crippen LogP contribution is -2.46. The van der Waals surface area contributed by atoms with Crippen molar-refractivity contribution in [2.75, 3.05) is 6.54 Å². The van der Waals surface area contributed by atoms with Crippen molar-refractivity contribution in [1.29, 1.82) is 0 Å². The number of aliphatic hydroxyl groups is 1. The van der Waals surface area contributed by atoms with E-state index in [2.05, 4.69) is 5.32 Å². The minimum absolute atomic E-state index is 0.194. The highest BCUT2D eigenvalue weighted by atomic mass is 16.3. The van der Waals surface area contributed by atoms with Crippen molar-refractivity contribution in [2.45, 2.75) is 44.2 Å². The highest BCUT2D eigenvalue weighted by Gasteiger charge is 2.31. The van der Waals surface area contributed by atoms with Crippen molar-refractivity contribution in [1.82, 2.24) is 5.32 Å². The summed E-state index contributed by atoms with van der Waals surface area (Å²) in [4.78, 5) is 11.1. The summed E-state index contributed by atoms with van der Waals surface area (Å²) in [5.74, 6) is -0.194. The van der Waals surface area contributed by atoms with Gasteiger partial charge in [0.25, 0.3) is 0 Å². The summed E-state index contributed by atoms with van der Waals surface area (Å²) in [5, 5.41) is 12.5. The van der Waals surface area contributed by atoms with Crippen LogP contribution in [0, 0.1) is 0 Å². The maximum Gasteiger partial charge on any atom is 0.236 e. The van der Waals surface area contributed by atoms with E-state index in [1.165, 1.54) is 0 Å². The van der Waals surface area contributed by atoms with Gasteiger partial charge in [-0.15, -0.1) is 0 Å². The van der Waals surface area contributed by atoms with E-state index in [1.54, 1.807) is 6.92 Å². The SMILES string of the molecule is C[C@H](N)C(=O)NCC1(O)CCCC1. The van der Waals surface area contributed by atoms with Gasteiger partial charge >= 0.3 is 0 Å². The van der Waals surface area contributed by atoms with Gasteiger partial charge in [0.2, 0.25) is 5.91 Å². The third-order valence-corrected chi connectivity index (χ3v) is 2.54. The third kappa shape index (κ3) is 2.97. The Morgan fingerprint density at radius 2 is 2.15 bits per heavy atom. The molecular weight excluding hydrogens is 168 g/mol. The molecule has 0 heterocycles. The molecule has 76 valence electrons. The van der Waals surface area contributed by atoms with Gasteiger partial charge in [-0.3, -0.25) is 4.79 Å². The second-order valence-electron chi connectivity index (χ2n) is 3.94. The average molecular weight is 186 g/mol. The normalized spacial score (nSPS) is 22.7. The standard InChI is InChI=1S/C9H18N2O2/c1-7(10)8(12)11-6-9(13)4-2-3-5-9/h7,13H,2-6,10H2,1H3,(H,11,12)/t7-/m0/s1. The summed E-state index contributed by atoms with van der Waals surface area (Å²) in [6, 6.07) is -0.495. The van der Waals surface area contributed by atoms with Crippen LogP contribution in [0.15, 0.2) is 0 Å². The van der Waals surface area contributed by atoms with E-state index in [0.29, 0.717) is 6.54 Å². The molecule has 0 aliphatic heterocycles. The largest absolute Gasteiger partial charge is 0.388 e. The molecule has 0 bridgehead atoms. The fourth-order valence-electron chi connectivity index (χ4n) is 1.62. The number of amides is 1. The van der Waals surface area contributed by atoms with E-state index < -0.39 is 11.6 Å². The van der Waals surface area contributed by atoms with Gasteiger partial charge in [0.1, 0.15) is 0 Å². The summed E-state index contributed by atoms with van der Waals surface area (Å²) in [6.45, 7) is 1.97. The number of nitrogens with two attached hydrogens (primary N) is 1. The van der Waals surface area contributed by atoms with Gasteiger partial charge in [-0.25, -0.2) is 0 Å². The van der Waals surface area contributed by atoms with Crippen LogP contribution >= 0.6 is 0 Å². The minimum Gasteiger partial charge on any atom is -0.388 e. The van der Waals surface area contributed by atoms with Crippen LogP contribution in [0.5, 0.6) is 0 Å². The predicted octanol–water partition coefficient (Wildman–Crippen LogP) is -0.245. The zero-order chi connectivity index (χ0) is 9.90. The first-order chi connectivity index (χ1) is 6.03. The van der Waals surface area contributed by atoms with Gasteiger partial charge in [0, 0.05) is 6.54 Å². The molecule has 0 spiro atoms. The van der Waals surface area contributed by atoms with Gasteiger partial charge < -0.3 is 16.2 Å². The van der Waals surface area contributed by atoms with Crippen molar-refractivity contribution in [2.24, 2.45) is 5.73 Å². The number of nitrogens with one attached hydrogen (secondary N) is 1. The predicted molar refractivity (Wildman–Crippen MR) is 50.1 cm³/mol. The Hall–Kier alpha value is -0.610. The quantitative estimate of drug-likeness (QED) is 0.569. The van der Waals surface area contributed by atoms with Crippen LogP contribution in [0.4, 0.5) is 0 Å². The Morgan fingerprint density at radius 3 is 2.62 bits per heavy atom. The molecule has 0 aromatic carbocycles. The van der Waals surface area contributed by atoms with E-state index in [4.69, 9.17) is 5.73 Å². The van der Waals surface area contributed by atoms with Crippen molar-refractivity contribution in [3.63, 3.8) is 0 Å². The Balaban J connectivity index is 2.29. The zero-order valence-corrected chi connectivity index (χ0v) is 8.05. The lowest BCUT2D eigenvalue weighted by Gasteiger charge is -2.22. The highest BCUT2D eigenvalue weighted by Crippen LogP contribution is 2.28. The Bertz CT molecular complexity index is 186. The number of carbonyl (C=O) groups is 1. The van der Waals surface area contributed by atoms with Crippen LogP contribution in [0.1, 0.15) is 32.6 Å². The molecule has 0 aromatic heterocycles. The first-order valence-corrected chi connectivity index (χ1v) is 4.79. The van der Waals surface area contributed by atoms with Gasteiger partial charge in [-0.05, 0) is 19.8 Å². The van der Waals surface area contributed by atoms with Crippen LogP contribution in [-0.4, -0.2) is 29.2 Å². The van der Waals surface area contributed by atoms with E-state index in [-0.39, 0.29) is 5.91 Å². The van der Waals surface area contributed by atoms with Gasteiger partial charge in [-0.1, -0.05) is 12.8 Å². The van der Waals surface area contributed by atoms with E-state index in [1.807, 2.05) is 0 Å². The smallest absolute Gasteiger partial charge is 0.236 e. The van der Waals surface area contributed by atoms with Crippen molar-refractivity contribution < 1.29 is 9.90 Å². The van der Waals surface area contributed by atoms with E-state index in [0.717, 1.165) is 25.7 Å². The van der Waals surface area contributed by atoms with Crippen molar-refractivity contribution in [3.05, 3.63) is 0 Å². The number of hydrogen-bond acceptors (Lipinski definition) is 3. The van der Waals surface area contributed by atoms with Crippen LogP contribution in [-0.2, 0) is 4.79 Å². The molecule has 1 aliphatic carbocycles. The van der Waals surface area contributed by atoms with Crippen LogP contribution in [0.2, 0.25) is 0 Å². The molecule has 0 aromatic rings. The molecule has 1 atom stereocenters. The number of hydrogen-bond donors (Lipinski definition) is 3. The molecule has 4 N–H and O–H groups in total. The highest BCUT2D eigenvalue weighted by molar-refractivity contribution is 5.81. The van der Waals surface area contributed by atoms with Gasteiger partial charge in [-0.2, -0.15) is 0 Å². The second kappa shape index (κ2) is 4.07. The second-order valence-corrected chi connectivity index (χ2v) is 3.94. The monoisotopic (exact) mass is 186 g/mol. The zero-order valence-electron chi connectivity index (χ0n) is 8.05. The molecule has 0 radical (unpaired) electrons. The Kier molecular flexibility index (Phi) is 3.27. The van der Waals surface area contributed by atoms with Crippen molar-refractivity contribution >= 4 is 5.91 Å². The summed E-state index contributed by atoms with van der Waals surface area (Å²) in [5.41, 5.74) is 4.69. The molecule has 0 saturated heterocycles. The molecule has 4 nitrogen and oxygen atoms in total. The van der Waals surface area contributed by atoms with Gasteiger partial charge in [0.05, 0.1) is 11.6 Å². The minimum atomic E-state index is -0.676. The molecule has 1 saturated carbocycles. The molecule has 4 heteroatoms. The van der Waals surface area contributed by atoms with Crippen molar-refractivity contribution in [3.8, 4) is 0 Å². The maximum atomic E-state index is 11.1. The number of carbonyl (C=O) groups excluding carboxylic acids is 1. The lowest BCUT2D eigenvalue weighted by atomic mass is 10.0. The van der Waals surface area contributed by atoms with Crippen LogP contribution in [0.3, 0.4) is 0 Å². The maximum absolute atomic E-state index is 11.1. The lowest BCUT2D eigenvalue weighted by molar-refractivity contribution is -0.123. The summed E-state index contributed by atoms with van der Waals surface area (Å²) in [6.07, 6.45) is 3.66. The first kappa shape index (κ1) is 10.5. The molecule has 1 rings (SSSR count). The molecule has 1 fully saturated rings. The topological polar surface area (TPSA) is 75.4 Å². The molecule has 13 heavy (non-hydrogen) atoms. The van der Waals surface area contributed by atoms with E-state index >= 15 is 0 Å². The molecule has 1 amide bonds. The number of rotatable bonds is 3. The Morgan fingerprint density at radius 1 is 1.62 bits per heavy atom. The third-order valence-electron chi connectivity index (χ3n) is 2.54. The first-order valence-electron chi connectivity index (χ1n) is 4.79. The van der Waals surface area contributed by atoms with Crippen LogP contribution < -0.4 is 11.1 Å². The summed E-state index contributed by atoms with van der Waals surface area (Å²) in [7, 11) is 0.